The monoisotopic (exact) mass is 439 g/mol. The number of halogens is 3. The molecule has 18 heavy (non-hydrogen) atoms. The predicted octanol–water partition coefficient (Wildman–Crippen LogP) is 4.87. The molecule has 1 fully saturated rings. The van der Waals surface area contributed by atoms with Gasteiger partial charge in [0.15, 0.2) is 0 Å². The third-order valence-electron chi connectivity index (χ3n) is 4.04. The van der Waals surface area contributed by atoms with E-state index in [4.69, 9.17) is 10.5 Å². The molecule has 1 aliphatic rings. The Hall–Kier alpha value is 0.420. The molecule has 0 spiro atoms. The number of hydrogen-bond acceptors (Lipinski definition) is 2. The van der Waals surface area contributed by atoms with Crippen molar-refractivity contribution in [3.05, 3.63) is 25.6 Å². The fourth-order valence-corrected chi connectivity index (χ4v) is 4.75. The molecule has 1 saturated carbocycles. The Morgan fingerprint density at radius 3 is 2.33 bits per heavy atom. The standard InChI is InChI=1S/C13H16Br3NO/c1-3-13(2)10(17)6-11(13)18-12-8(15)4-7(14)5-9(12)16/h4-5,10-11H,3,6,17H2,1-2H3. The summed E-state index contributed by atoms with van der Waals surface area (Å²) in [6.45, 7) is 4.37. The minimum absolute atomic E-state index is 0.0754. The first-order chi connectivity index (χ1) is 8.38. The molecule has 1 aromatic rings. The lowest BCUT2D eigenvalue weighted by Crippen LogP contribution is -2.61. The number of ether oxygens (including phenoxy) is 1. The van der Waals surface area contributed by atoms with Crippen LogP contribution in [0.1, 0.15) is 26.7 Å². The molecule has 2 N–H and O–H groups in total. The molecule has 0 amide bonds. The SMILES string of the molecule is CCC1(C)C(N)CC1Oc1c(Br)cc(Br)cc1Br. The maximum Gasteiger partial charge on any atom is 0.148 e. The molecule has 2 nitrogen and oxygen atoms in total. The Kier molecular flexibility index (Phi) is 4.47. The van der Waals surface area contributed by atoms with E-state index in [1.807, 2.05) is 12.1 Å². The summed E-state index contributed by atoms with van der Waals surface area (Å²) in [7, 11) is 0. The fraction of sp³-hybridized carbons (Fsp3) is 0.538. The van der Waals surface area contributed by atoms with Gasteiger partial charge in [-0.3, -0.25) is 0 Å². The summed E-state index contributed by atoms with van der Waals surface area (Å²) >= 11 is 10.5. The first kappa shape index (κ1) is 14.8. The highest BCUT2D eigenvalue weighted by atomic mass is 79.9. The van der Waals surface area contributed by atoms with Gasteiger partial charge in [0, 0.05) is 22.4 Å². The summed E-state index contributed by atoms with van der Waals surface area (Å²) in [5.41, 5.74) is 6.18. The van der Waals surface area contributed by atoms with E-state index >= 15 is 0 Å². The Labute approximate surface area is 133 Å². The van der Waals surface area contributed by atoms with Gasteiger partial charge in [0.25, 0.3) is 0 Å². The van der Waals surface area contributed by atoms with Crippen LogP contribution in [-0.4, -0.2) is 12.1 Å². The van der Waals surface area contributed by atoms with Gasteiger partial charge in [0.1, 0.15) is 11.9 Å². The van der Waals surface area contributed by atoms with Crippen molar-refractivity contribution in [2.45, 2.75) is 38.8 Å². The molecule has 0 heterocycles. The zero-order chi connectivity index (χ0) is 13.5. The maximum atomic E-state index is 6.15. The molecule has 0 aliphatic heterocycles. The first-order valence-electron chi connectivity index (χ1n) is 5.95. The minimum atomic E-state index is 0.0754. The van der Waals surface area contributed by atoms with Gasteiger partial charge in [-0.25, -0.2) is 0 Å². The summed E-state index contributed by atoms with van der Waals surface area (Å²) in [5.74, 6) is 0.856. The molecule has 2 rings (SSSR count). The molecule has 0 aromatic heterocycles. The summed E-state index contributed by atoms with van der Waals surface area (Å²) in [6.07, 6.45) is 2.13. The van der Waals surface area contributed by atoms with E-state index in [-0.39, 0.29) is 17.6 Å². The summed E-state index contributed by atoms with van der Waals surface area (Å²) in [6, 6.07) is 4.21. The summed E-state index contributed by atoms with van der Waals surface area (Å²) in [4.78, 5) is 0. The Morgan fingerprint density at radius 1 is 1.33 bits per heavy atom. The van der Waals surface area contributed by atoms with Crippen LogP contribution in [0.2, 0.25) is 0 Å². The van der Waals surface area contributed by atoms with Crippen LogP contribution in [0.25, 0.3) is 0 Å². The maximum absolute atomic E-state index is 6.15. The van der Waals surface area contributed by atoms with Crippen molar-refractivity contribution >= 4 is 47.8 Å². The second-order valence-electron chi connectivity index (χ2n) is 5.01. The predicted molar refractivity (Wildman–Crippen MR) is 84.9 cm³/mol. The lowest BCUT2D eigenvalue weighted by molar-refractivity contribution is -0.0567. The van der Waals surface area contributed by atoms with E-state index in [0.717, 1.165) is 32.0 Å². The molecule has 0 radical (unpaired) electrons. The Balaban J connectivity index is 2.21. The van der Waals surface area contributed by atoms with Crippen molar-refractivity contribution in [2.24, 2.45) is 11.1 Å². The van der Waals surface area contributed by atoms with Crippen LogP contribution in [-0.2, 0) is 0 Å². The molecule has 0 bridgehead atoms. The van der Waals surface area contributed by atoms with Gasteiger partial charge in [-0.05, 0) is 50.4 Å². The van der Waals surface area contributed by atoms with Gasteiger partial charge >= 0.3 is 0 Å². The molecule has 100 valence electrons. The average Bonchev–Trinajstić information content (AvgIpc) is 2.30. The van der Waals surface area contributed by atoms with Crippen LogP contribution in [0.15, 0.2) is 25.6 Å². The zero-order valence-corrected chi connectivity index (χ0v) is 15.1. The molecule has 1 aromatic carbocycles. The minimum Gasteiger partial charge on any atom is -0.487 e. The lowest BCUT2D eigenvalue weighted by Gasteiger charge is -2.51. The van der Waals surface area contributed by atoms with Gasteiger partial charge in [0.05, 0.1) is 8.95 Å². The van der Waals surface area contributed by atoms with E-state index in [1.165, 1.54) is 0 Å². The molecule has 3 unspecified atom stereocenters. The van der Waals surface area contributed by atoms with Gasteiger partial charge in [-0.1, -0.05) is 29.8 Å². The highest BCUT2D eigenvalue weighted by molar-refractivity contribution is 9.11. The van der Waals surface area contributed by atoms with E-state index in [0.29, 0.717) is 0 Å². The Bertz CT molecular complexity index is 443. The van der Waals surface area contributed by atoms with Crippen molar-refractivity contribution in [2.75, 3.05) is 0 Å². The highest BCUT2D eigenvalue weighted by Crippen LogP contribution is 2.47. The molecule has 5 heteroatoms. The van der Waals surface area contributed by atoms with Crippen molar-refractivity contribution < 1.29 is 4.74 Å². The summed E-state index contributed by atoms with van der Waals surface area (Å²) < 4.78 is 9.05. The largest absolute Gasteiger partial charge is 0.487 e. The van der Waals surface area contributed by atoms with E-state index < -0.39 is 0 Å². The van der Waals surface area contributed by atoms with Crippen LogP contribution in [0.3, 0.4) is 0 Å². The van der Waals surface area contributed by atoms with Crippen LogP contribution in [0.5, 0.6) is 5.75 Å². The lowest BCUT2D eigenvalue weighted by atomic mass is 9.62. The number of hydrogen-bond donors (Lipinski definition) is 1. The first-order valence-corrected chi connectivity index (χ1v) is 8.33. The van der Waals surface area contributed by atoms with Gasteiger partial charge in [-0.2, -0.15) is 0 Å². The van der Waals surface area contributed by atoms with Crippen LogP contribution in [0.4, 0.5) is 0 Å². The quantitative estimate of drug-likeness (QED) is 0.726. The van der Waals surface area contributed by atoms with Crippen molar-refractivity contribution in [1.82, 2.24) is 0 Å². The van der Waals surface area contributed by atoms with Crippen molar-refractivity contribution in [3.8, 4) is 5.75 Å². The van der Waals surface area contributed by atoms with Crippen molar-refractivity contribution in [3.63, 3.8) is 0 Å². The number of benzene rings is 1. The van der Waals surface area contributed by atoms with Crippen molar-refractivity contribution in [1.29, 1.82) is 0 Å². The second-order valence-corrected chi connectivity index (χ2v) is 7.63. The van der Waals surface area contributed by atoms with Gasteiger partial charge in [0.2, 0.25) is 0 Å². The molecule has 3 atom stereocenters. The average molecular weight is 442 g/mol. The third-order valence-corrected chi connectivity index (χ3v) is 5.67. The van der Waals surface area contributed by atoms with E-state index in [1.54, 1.807) is 0 Å². The number of rotatable bonds is 3. The molecule has 0 saturated heterocycles. The number of nitrogens with two attached hydrogens (primary N) is 1. The zero-order valence-electron chi connectivity index (χ0n) is 10.3. The van der Waals surface area contributed by atoms with Crippen LogP contribution >= 0.6 is 47.8 Å². The van der Waals surface area contributed by atoms with Crippen LogP contribution < -0.4 is 10.5 Å². The third kappa shape index (κ3) is 2.51. The topological polar surface area (TPSA) is 35.2 Å². The fourth-order valence-electron chi connectivity index (χ4n) is 2.30. The van der Waals surface area contributed by atoms with Gasteiger partial charge in [-0.15, -0.1) is 0 Å². The molecular weight excluding hydrogens is 426 g/mol. The van der Waals surface area contributed by atoms with E-state index in [9.17, 15) is 0 Å². The van der Waals surface area contributed by atoms with Crippen LogP contribution in [0, 0.1) is 5.41 Å². The van der Waals surface area contributed by atoms with Gasteiger partial charge < -0.3 is 10.5 Å². The smallest absolute Gasteiger partial charge is 0.148 e. The van der Waals surface area contributed by atoms with E-state index in [2.05, 4.69) is 61.6 Å². The second kappa shape index (κ2) is 5.43. The summed E-state index contributed by atoms with van der Waals surface area (Å²) in [5, 5.41) is 0. The molecule has 1 aliphatic carbocycles. The Morgan fingerprint density at radius 2 is 1.89 bits per heavy atom. The normalized spacial score (nSPS) is 31.0. The highest BCUT2D eigenvalue weighted by Gasteiger charge is 2.50. The molecular formula is C13H16Br3NO.